The molecule has 0 heterocycles. The first kappa shape index (κ1) is 30.2. The molecule has 0 aromatic heterocycles. The number of rotatable bonds is 13. The molecule has 0 aliphatic rings. The van der Waals surface area contributed by atoms with E-state index in [0.717, 1.165) is 47.3 Å². The van der Waals surface area contributed by atoms with Crippen LogP contribution in [0.15, 0.2) is 66.7 Å². The van der Waals surface area contributed by atoms with Gasteiger partial charge in [-0.25, -0.2) is 4.79 Å². The molecule has 0 bridgehead atoms. The number of amides is 3. The van der Waals surface area contributed by atoms with Crippen molar-refractivity contribution in [3.05, 3.63) is 83.4 Å². The van der Waals surface area contributed by atoms with Crippen molar-refractivity contribution >= 4 is 35.0 Å². The highest BCUT2D eigenvalue weighted by molar-refractivity contribution is 6.01. The van der Waals surface area contributed by atoms with Crippen LogP contribution in [0.2, 0.25) is 0 Å². The molecule has 8 nitrogen and oxygen atoms in total. The Bertz CT molecular complexity index is 1310. The molecular weight excluding hydrogens is 506 g/mol. The van der Waals surface area contributed by atoms with E-state index in [1.807, 2.05) is 62.4 Å². The molecule has 3 amide bonds. The van der Waals surface area contributed by atoms with E-state index in [2.05, 4.69) is 22.9 Å². The summed E-state index contributed by atoms with van der Waals surface area (Å²) < 4.78 is 10.5. The molecule has 3 rings (SSSR count). The number of aryl methyl sites for hydroxylation is 2. The fourth-order valence-electron chi connectivity index (χ4n) is 4.39. The van der Waals surface area contributed by atoms with Gasteiger partial charge in [-0.15, -0.1) is 0 Å². The van der Waals surface area contributed by atoms with Gasteiger partial charge in [0, 0.05) is 17.8 Å². The Labute approximate surface area is 236 Å². The van der Waals surface area contributed by atoms with E-state index in [-0.39, 0.29) is 30.2 Å². The Morgan fingerprint density at radius 2 is 1.65 bits per heavy atom. The first-order chi connectivity index (χ1) is 19.3. The van der Waals surface area contributed by atoms with E-state index < -0.39 is 0 Å². The highest BCUT2D eigenvalue weighted by atomic mass is 16.5. The van der Waals surface area contributed by atoms with Crippen LogP contribution in [0, 0.1) is 12.8 Å². The van der Waals surface area contributed by atoms with Crippen molar-refractivity contribution in [3.63, 3.8) is 0 Å². The largest absolute Gasteiger partial charge is 0.495 e. The van der Waals surface area contributed by atoms with Crippen LogP contribution in [-0.2, 0) is 27.2 Å². The standard InChI is InChI=1S/C32H39N3O5/c1-5-40-31(37)18-22(2)10-8-12-24-13-9-14-26(19-24)33-30(36)21-25-16-17-28(29(20-25)39-4)35-32(38)34-27-15-7-6-11-23(27)3/h6-7,9,11,13-17,19-20,22H,5,8,10,12,18,21H2,1-4H3,(H,33,36)(H2,34,35,38). The Hall–Kier alpha value is -4.33. The topological polar surface area (TPSA) is 106 Å². The Morgan fingerprint density at radius 3 is 2.40 bits per heavy atom. The van der Waals surface area contributed by atoms with Crippen molar-refractivity contribution in [1.82, 2.24) is 0 Å². The van der Waals surface area contributed by atoms with Gasteiger partial charge in [0.25, 0.3) is 0 Å². The van der Waals surface area contributed by atoms with Crippen molar-refractivity contribution < 1.29 is 23.9 Å². The summed E-state index contributed by atoms with van der Waals surface area (Å²) in [5, 5.41) is 8.60. The number of urea groups is 1. The van der Waals surface area contributed by atoms with Gasteiger partial charge in [-0.2, -0.15) is 0 Å². The number of hydrogen-bond donors (Lipinski definition) is 3. The molecule has 8 heteroatoms. The summed E-state index contributed by atoms with van der Waals surface area (Å²) in [4.78, 5) is 36.9. The lowest BCUT2D eigenvalue weighted by molar-refractivity contribution is -0.144. The van der Waals surface area contributed by atoms with E-state index in [4.69, 9.17) is 9.47 Å². The number of carbonyl (C=O) groups is 3. The number of esters is 1. The molecule has 0 spiro atoms. The second-order valence-electron chi connectivity index (χ2n) is 9.86. The highest BCUT2D eigenvalue weighted by Gasteiger charge is 2.13. The molecule has 0 aliphatic carbocycles. The summed E-state index contributed by atoms with van der Waals surface area (Å²) >= 11 is 0. The van der Waals surface area contributed by atoms with E-state index in [1.165, 1.54) is 7.11 Å². The third-order valence-electron chi connectivity index (χ3n) is 6.47. The number of para-hydroxylation sites is 1. The molecule has 40 heavy (non-hydrogen) atoms. The number of ether oxygens (including phenoxy) is 2. The number of nitrogens with one attached hydrogen (secondary N) is 3. The van der Waals surface area contributed by atoms with Crippen LogP contribution < -0.4 is 20.7 Å². The smallest absolute Gasteiger partial charge is 0.323 e. The van der Waals surface area contributed by atoms with Gasteiger partial charge in [-0.3, -0.25) is 9.59 Å². The van der Waals surface area contributed by atoms with Gasteiger partial charge in [0.2, 0.25) is 5.91 Å². The van der Waals surface area contributed by atoms with Gasteiger partial charge in [0.15, 0.2) is 0 Å². The SMILES string of the molecule is CCOC(=O)CC(C)CCCc1cccc(NC(=O)Cc2ccc(NC(=O)Nc3ccccc3C)c(OC)c2)c1. The van der Waals surface area contributed by atoms with Crippen LogP contribution >= 0.6 is 0 Å². The van der Waals surface area contributed by atoms with E-state index in [9.17, 15) is 14.4 Å². The van der Waals surface area contributed by atoms with Crippen molar-refractivity contribution in [2.24, 2.45) is 5.92 Å². The Morgan fingerprint density at radius 1 is 0.875 bits per heavy atom. The van der Waals surface area contributed by atoms with Crippen molar-refractivity contribution in [2.45, 2.75) is 52.9 Å². The van der Waals surface area contributed by atoms with Crippen molar-refractivity contribution in [1.29, 1.82) is 0 Å². The normalized spacial score (nSPS) is 11.3. The molecule has 0 radical (unpaired) electrons. The predicted molar refractivity (Wildman–Crippen MR) is 159 cm³/mol. The molecule has 1 unspecified atom stereocenters. The molecule has 1 atom stereocenters. The maximum absolute atomic E-state index is 12.8. The Kier molecular flexibility index (Phi) is 11.6. The zero-order valence-electron chi connectivity index (χ0n) is 23.7. The van der Waals surface area contributed by atoms with E-state index in [1.54, 1.807) is 18.2 Å². The third kappa shape index (κ3) is 9.76. The molecule has 0 saturated heterocycles. The minimum atomic E-state index is -0.383. The number of hydrogen-bond acceptors (Lipinski definition) is 5. The van der Waals surface area contributed by atoms with Gasteiger partial charge in [-0.1, -0.05) is 43.3 Å². The summed E-state index contributed by atoms with van der Waals surface area (Å²) in [6.45, 7) is 6.21. The zero-order valence-corrected chi connectivity index (χ0v) is 23.7. The number of carbonyl (C=O) groups excluding carboxylic acids is 3. The molecule has 3 aromatic carbocycles. The fraction of sp³-hybridized carbons (Fsp3) is 0.344. The molecule has 212 valence electrons. The third-order valence-corrected chi connectivity index (χ3v) is 6.47. The summed E-state index contributed by atoms with van der Waals surface area (Å²) in [5.74, 6) is 0.430. The van der Waals surface area contributed by atoms with Crippen LogP contribution in [0.25, 0.3) is 0 Å². The van der Waals surface area contributed by atoms with Crippen molar-refractivity contribution in [2.75, 3.05) is 29.7 Å². The summed E-state index contributed by atoms with van der Waals surface area (Å²) in [6, 6.07) is 20.2. The van der Waals surface area contributed by atoms with Gasteiger partial charge < -0.3 is 25.4 Å². The Balaban J connectivity index is 1.51. The molecule has 3 aromatic rings. The maximum atomic E-state index is 12.8. The minimum absolute atomic E-state index is 0.146. The van der Waals surface area contributed by atoms with Crippen LogP contribution in [-0.4, -0.2) is 31.6 Å². The molecular formula is C32H39N3O5. The molecule has 0 aliphatic heterocycles. The van der Waals surface area contributed by atoms with Crippen LogP contribution in [0.3, 0.4) is 0 Å². The second-order valence-corrected chi connectivity index (χ2v) is 9.86. The lowest BCUT2D eigenvalue weighted by Crippen LogP contribution is -2.20. The fourth-order valence-corrected chi connectivity index (χ4v) is 4.39. The predicted octanol–water partition coefficient (Wildman–Crippen LogP) is 6.74. The highest BCUT2D eigenvalue weighted by Crippen LogP contribution is 2.27. The monoisotopic (exact) mass is 545 g/mol. The summed E-state index contributed by atoms with van der Waals surface area (Å²) in [6.07, 6.45) is 3.32. The molecule has 0 fully saturated rings. The van der Waals surface area contributed by atoms with E-state index >= 15 is 0 Å². The molecule has 0 saturated carbocycles. The maximum Gasteiger partial charge on any atom is 0.323 e. The number of methoxy groups -OCH3 is 1. The van der Waals surface area contributed by atoms with Crippen molar-refractivity contribution in [3.8, 4) is 5.75 Å². The van der Waals surface area contributed by atoms with Gasteiger partial charge in [-0.05, 0) is 86.1 Å². The van der Waals surface area contributed by atoms with Gasteiger partial charge in [0.1, 0.15) is 5.75 Å². The lowest BCUT2D eigenvalue weighted by atomic mass is 9.98. The number of benzene rings is 3. The number of anilines is 3. The summed E-state index contributed by atoms with van der Waals surface area (Å²) in [7, 11) is 1.52. The minimum Gasteiger partial charge on any atom is -0.495 e. The first-order valence-corrected chi connectivity index (χ1v) is 13.6. The van der Waals surface area contributed by atoms with Gasteiger partial charge in [0.05, 0.1) is 25.8 Å². The average molecular weight is 546 g/mol. The van der Waals surface area contributed by atoms with E-state index in [0.29, 0.717) is 24.5 Å². The molecule has 3 N–H and O–H groups in total. The van der Waals surface area contributed by atoms with Crippen LogP contribution in [0.4, 0.5) is 21.9 Å². The average Bonchev–Trinajstić information content (AvgIpc) is 2.91. The quantitative estimate of drug-likeness (QED) is 0.206. The lowest BCUT2D eigenvalue weighted by Gasteiger charge is -2.14. The second kappa shape index (κ2) is 15.3. The summed E-state index contributed by atoms with van der Waals surface area (Å²) in [5.41, 5.74) is 4.80. The van der Waals surface area contributed by atoms with Crippen LogP contribution in [0.1, 0.15) is 49.8 Å². The first-order valence-electron chi connectivity index (χ1n) is 13.6. The van der Waals surface area contributed by atoms with Gasteiger partial charge >= 0.3 is 12.0 Å². The van der Waals surface area contributed by atoms with Crippen LogP contribution in [0.5, 0.6) is 5.75 Å². The zero-order chi connectivity index (χ0) is 28.9.